The Morgan fingerprint density at radius 3 is 2.71 bits per heavy atom. The normalized spacial score (nSPS) is 27.2. The van der Waals surface area contributed by atoms with Crippen LogP contribution in [0.5, 0.6) is 0 Å². The fraction of sp³-hybridized carbons (Fsp3) is 0.529. The zero-order valence-corrected chi connectivity index (χ0v) is 13.5. The Labute approximate surface area is 139 Å². The molecule has 0 saturated heterocycles. The van der Waals surface area contributed by atoms with Gasteiger partial charge in [-0.2, -0.15) is 0 Å². The van der Waals surface area contributed by atoms with Gasteiger partial charge >= 0.3 is 0 Å². The SMILES string of the molecule is C[C@]1(c2cc(NC3CCCC3)ccc2F)C=C(N)NOCC1(F)F. The van der Waals surface area contributed by atoms with Gasteiger partial charge in [-0.15, -0.1) is 0 Å². The minimum Gasteiger partial charge on any atom is -0.384 e. The molecule has 7 heteroatoms. The number of rotatable bonds is 3. The second-order valence-corrected chi connectivity index (χ2v) is 6.72. The number of nitrogens with two attached hydrogens (primary N) is 1. The van der Waals surface area contributed by atoms with Gasteiger partial charge in [0.05, 0.1) is 5.41 Å². The van der Waals surface area contributed by atoms with Gasteiger partial charge in [-0.25, -0.2) is 13.2 Å². The van der Waals surface area contributed by atoms with E-state index in [-0.39, 0.29) is 11.4 Å². The Balaban J connectivity index is 2.00. The summed E-state index contributed by atoms with van der Waals surface area (Å²) in [4.78, 5) is 4.69. The summed E-state index contributed by atoms with van der Waals surface area (Å²) in [5, 5.41) is 3.31. The molecule has 1 fully saturated rings. The lowest BCUT2D eigenvalue weighted by Gasteiger charge is -2.34. The van der Waals surface area contributed by atoms with Gasteiger partial charge in [0, 0.05) is 17.3 Å². The highest BCUT2D eigenvalue weighted by molar-refractivity contribution is 5.51. The third-order valence-corrected chi connectivity index (χ3v) is 4.90. The lowest BCUT2D eigenvalue weighted by Crippen LogP contribution is -2.45. The summed E-state index contributed by atoms with van der Waals surface area (Å²) >= 11 is 0. The van der Waals surface area contributed by atoms with Crippen molar-refractivity contribution in [1.29, 1.82) is 0 Å². The van der Waals surface area contributed by atoms with Crippen molar-refractivity contribution in [3.63, 3.8) is 0 Å². The van der Waals surface area contributed by atoms with E-state index >= 15 is 0 Å². The van der Waals surface area contributed by atoms with E-state index in [4.69, 9.17) is 5.73 Å². The maximum Gasteiger partial charge on any atom is 0.286 e. The van der Waals surface area contributed by atoms with Crippen LogP contribution < -0.4 is 16.5 Å². The second kappa shape index (κ2) is 6.20. The molecule has 1 heterocycles. The standard InChI is InChI=1S/C17H22F3N3O/c1-16(9-15(21)23-24-10-17(16,19)20)13-8-12(6-7-14(13)18)22-11-4-2-3-5-11/h6-9,11,22-23H,2-5,10,21H2,1H3/t16-/m1/s1. The maximum absolute atomic E-state index is 14.6. The molecule has 1 atom stereocenters. The van der Waals surface area contributed by atoms with E-state index < -0.39 is 23.8 Å². The first-order valence-electron chi connectivity index (χ1n) is 8.12. The maximum atomic E-state index is 14.6. The van der Waals surface area contributed by atoms with Gasteiger partial charge in [0.25, 0.3) is 5.92 Å². The average Bonchev–Trinajstić information content (AvgIpc) is 2.98. The lowest BCUT2D eigenvalue weighted by atomic mass is 9.76. The van der Waals surface area contributed by atoms with Crippen LogP contribution in [-0.2, 0) is 10.3 Å². The number of hydrogen-bond donors (Lipinski definition) is 3. The number of benzene rings is 1. The first-order chi connectivity index (χ1) is 11.3. The number of hydrogen-bond acceptors (Lipinski definition) is 4. The number of alkyl halides is 2. The summed E-state index contributed by atoms with van der Waals surface area (Å²) < 4.78 is 43.7. The molecule has 0 radical (unpaired) electrons. The zero-order chi connectivity index (χ0) is 17.4. The quantitative estimate of drug-likeness (QED) is 0.789. The molecule has 1 aliphatic heterocycles. The molecule has 1 saturated carbocycles. The molecule has 2 aliphatic rings. The van der Waals surface area contributed by atoms with E-state index in [0.717, 1.165) is 31.8 Å². The van der Waals surface area contributed by atoms with E-state index in [2.05, 4.69) is 15.6 Å². The second-order valence-electron chi connectivity index (χ2n) is 6.72. The molecule has 0 amide bonds. The Kier molecular flexibility index (Phi) is 4.38. The van der Waals surface area contributed by atoms with E-state index in [1.54, 1.807) is 6.07 Å². The summed E-state index contributed by atoms with van der Waals surface area (Å²) in [5.41, 5.74) is 6.50. The topological polar surface area (TPSA) is 59.3 Å². The van der Waals surface area contributed by atoms with Crippen LogP contribution in [0.25, 0.3) is 0 Å². The van der Waals surface area contributed by atoms with Crippen molar-refractivity contribution in [2.24, 2.45) is 5.73 Å². The van der Waals surface area contributed by atoms with Gasteiger partial charge in [-0.3, -0.25) is 10.3 Å². The fourth-order valence-corrected chi connectivity index (χ4v) is 3.40. The van der Waals surface area contributed by atoms with E-state index in [1.807, 2.05) is 0 Å². The number of hydroxylamine groups is 1. The number of anilines is 1. The fourth-order valence-electron chi connectivity index (χ4n) is 3.40. The van der Waals surface area contributed by atoms with Gasteiger partial charge in [-0.05, 0) is 44.0 Å². The largest absolute Gasteiger partial charge is 0.384 e. The summed E-state index contributed by atoms with van der Waals surface area (Å²) in [6.07, 6.45) is 5.47. The van der Waals surface area contributed by atoms with Crippen LogP contribution in [0.4, 0.5) is 18.9 Å². The van der Waals surface area contributed by atoms with Crippen molar-refractivity contribution >= 4 is 5.69 Å². The summed E-state index contributed by atoms with van der Waals surface area (Å²) in [6, 6.07) is 4.56. The van der Waals surface area contributed by atoms with Crippen molar-refractivity contribution in [2.45, 2.75) is 50.0 Å². The Morgan fingerprint density at radius 1 is 1.29 bits per heavy atom. The first-order valence-corrected chi connectivity index (χ1v) is 8.12. The van der Waals surface area contributed by atoms with Gasteiger partial charge in [0.15, 0.2) is 0 Å². The highest BCUT2D eigenvalue weighted by Gasteiger charge is 2.53. The van der Waals surface area contributed by atoms with Crippen molar-refractivity contribution in [1.82, 2.24) is 5.48 Å². The molecule has 4 nitrogen and oxygen atoms in total. The molecule has 1 aliphatic carbocycles. The molecule has 24 heavy (non-hydrogen) atoms. The Bertz CT molecular complexity index is 644. The Morgan fingerprint density at radius 2 is 2.00 bits per heavy atom. The molecular weight excluding hydrogens is 319 g/mol. The molecule has 0 spiro atoms. The average molecular weight is 341 g/mol. The molecule has 0 bridgehead atoms. The van der Waals surface area contributed by atoms with Crippen molar-refractivity contribution in [3.05, 3.63) is 41.5 Å². The van der Waals surface area contributed by atoms with Crippen LogP contribution in [0.1, 0.15) is 38.2 Å². The molecular formula is C17H22F3N3O. The Hall–Kier alpha value is -1.89. The number of nitrogens with one attached hydrogen (secondary N) is 2. The lowest BCUT2D eigenvalue weighted by molar-refractivity contribution is -0.124. The van der Waals surface area contributed by atoms with E-state index in [1.165, 1.54) is 19.1 Å². The summed E-state index contributed by atoms with van der Waals surface area (Å²) in [5.74, 6) is -4.09. The minimum absolute atomic E-state index is 0.0665. The van der Waals surface area contributed by atoms with Gasteiger partial charge in [-0.1, -0.05) is 12.8 Å². The molecule has 0 aromatic heterocycles. The van der Waals surface area contributed by atoms with Crippen molar-refractivity contribution < 1.29 is 18.0 Å². The van der Waals surface area contributed by atoms with Crippen LogP contribution in [0.2, 0.25) is 0 Å². The molecule has 1 aromatic carbocycles. The molecule has 4 N–H and O–H groups in total. The number of allylic oxidation sites excluding steroid dienone is 1. The van der Waals surface area contributed by atoms with Crippen LogP contribution in [0, 0.1) is 5.82 Å². The first kappa shape index (κ1) is 17.0. The third kappa shape index (κ3) is 3.05. The zero-order valence-electron chi connectivity index (χ0n) is 13.5. The van der Waals surface area contributed by atoms with E-state index in [0.29, 0.717) is 11.7 Å². The summed E-state index contributed by atoms with van der Waals surface area (Å²) in [7, 11) is 0. The van der Waals surface area contributed by atoms with Crippen LogP contribution in [0.15, 0.2) is 30.1 Å². The number of halogens is 3. The molecule has 132 valence electrons. The highest BCUT2D eigenvalue weighted by atomic mass is 19.3. The predicted octanol–water partition coefficient (Wildman–Crippen LogP) is 3.41. The molecule has 1 aromatic rings. The smallest absolute Gasteiger partial charge is 0.286 e. The minimum atomic E-state index is -3.33. The van der Waals surface area contributed by atoms with E-state index in [9.17, 15) is 13.2 Å². The van der Waals surface area contributed by atoms with Crippen LogP contribution in [-0.4, -0.2) is 18.6 Å². The predicted molar refractivity (Wildman–Crippen MR) is 85.9 cm³/mol. The summed E-state index contributed by atoms with van der Waals surface area (Å²) in [6.45, 7) is 0.369. The van der Waals surface area contributed by atoms with Crippen molar-refractivity contribution in [2.75, 3.05) is 11.9 Å². The van der Waals surface area contributed by atoms with Gasteiger partial charge in [0.1, 0.15) is 18.2 Å². The van der Waals surface area contributed by atoms with Crippen molar-refractivity contribution in [3.8, 4) is 0 Å². The van der Waals surface area contributed by atoms with Crippen LogP contribution >= 0.6 is 0 Å². The highest BCUT2D eigenvalue weighted by Crippen LogP contribution is 2.44. The van der Waals surface area contributed by atoms with Crippen LogP contribution in [0.3, 0.4) is 0 Å². The molecule has 0 unspecified atom stereocenters. The monoisotopic (exact) mass is 341 g/mol. The van der Waals surface area contributed by atoms with Gasteiger partial charge < -0.3 is 11.1 Å². The third-order valence-electron chi connectivity index (χ3n) is 4.90. The van der Waals surface area contributed by atoms with Gasteiger partial charge in [0.2, 0.25) is 0 Å². The molecule has 3 rings (SSSR count).